The molecule has 3 aromatic carbocycles. The first kappa shape index (κ1) is 21.8. The molecular formula is C26H28FN3O2. The molecule has 0 unspecified atom stereocenters. The van der Waals surface area contributed by atoms with Crippen molar-refractivity contribution in [1.29, 1.82) is 0 Å². The Kier molecular flexibility index (Phi) is 6.42. The Labute approximate surface area is 187 Å². The van der Waals surface area contributed by atoms with Gasteiger partial charge in [0.15, 0.2) is 17.3 Å². The zero-order valence-corrected chi connectivity index (χ0v) is 18.7. The lowest BCUT2D eigenvalue weighted by Crippen LogP contribution is -2.19. The van der Waals surface area contributed by atoms with E-state index in [-0.39, 0.29) is 5.82 Å². The highest BCUT2D eigenvalue weighted by atomic mass is 19.1. The number of unbranched alkanes of at least 4 members (excludes halogenated alkanes) is 1. The van der Waals surface area contributed by atoms with Gasteiger partial charge in [-0.15, -0.1) is 0 Å². The Bertz CT molecular complexity index is 1190. The number of benzene rings is 3. The summed E-state index contributed by atoms with van der Waals surface area (Å²) in [5.41, 5.74) is 3.17. The quantitative estimate of drug-likeness (QED) is 0.257. The summed E-state index contributed by atoms with van der Waals surface area (Å²) in [6, 6.07) is 13.5. The van der Waals surface area contributed by atoms with Crippen LogP contribution in [0, 0.1) is 12.7 Å². The van der Waals surface area contributed by atoms with Gasteiger partial charge in [-0.2, -0.15) is 0 Å². The average molecular weight is 434 g/mol. The lowest BCUT2D eigenvalue weighted by molar-refractivity contribution is -0.104. The number of carbonyl (C=O) groups excluding carboxylic acids is 1. The molecule has 0 aromatic heterocycles. The molecule has 0 aliphatic carbocycles. The van der Waals surface area contributed by atoms with E-state index in [2.05, 4.69) is 10.6 Å². The standard InChI is InChI=1S/C26H28FN3O2/c1-17(16-31)15-30-22-11-10-19-8-4-5-9-20(19)25(22)32-26-23(29-13-7-6-12-28-3)21(27)14-18(2)24(26)30/h4-5,8-11,14-16,28-29H,6-7,12-13H2,1-3H3/b17-15-. The summed E-state index contributed by atoms with van der Waals surface area (Å²) in [5.74, 6) is 0.735. The zero-order chi connectivity index (χ0) is 22.7. The van der Waals surface area contributed by atoms with Gasteiger partial charge < -0.3 is 20.3 Å². The van der Waals surface area contributed by atoms with Crippen LogP contribution >= 0.6 is 0 Å². The summed E-state index contributed by atoms with van der Waals surface area (Å²) in [5, 5.41) is 8.33. The van der Waals surface area contributed by atoms with E-state index in [1.54, 1.807) is 13.1 Å². The Morgan fingerprint density at radius 3 is 2.69 bits per heavy atom. The molecule has 1 aliphatic rings. The number of hydrogen-bond donors (Lipinski definition) is 2. The number of nitrogens with one attached hydrogen (secondary N) is 2. The first-order valence-electron chi connectivity index (χ1n) is 10.9. The summed E-state index contributed by atoms with van der Waals surface area (Å²) >= 11 is 0. The largest absolute Gasteiger partial charge is 0.450 e. The third-order valence-electron chi connectivity index (χ3n) is 5.64. The van der Waals surface area contributed by atoms with Crippen LogP contribution in [-0.4, -0.2) is 26.4 Å². The van der Waals surface area contributed by atoms with Crippen LogP contribution in [0.2, 0.25) is 0 Å². The van der Waals surface area contributed by atoms with Gasteiger partial charge in [0.05, 0.1) is 11.4 Å². The number of anilines is 3. The summed E-state index contributed by atoms with van der Waals surface area (Å²) in [6.07, 6.45) is 4.48. The van der Waals surface area contributed by atoms with Gasteiger partial charge in [0.1, 0.15) is 12.0 Å². The minimum Gasteiger partial charge on any atom is -0.450 e. The van der Waals surface area contributed by atoms with Crippen LogP contribution in [-0.2, 0) is 4.79 Å². The molecular weight excluding hydrogens is 405 g/mol. The second-order valence-corrected chi connectivity index (χ2v) is 8.06. The molecule has 0 radical (unpaired) electrons. The van der Waals surface area contributed by atoms with Crippen molar-refractivity contribution < 1.29 is 13.9 Å². The topological polar surface area (TPSA) is 53.6 Å². The van der Waals surface area contributed by atoms with E-state index >= 15 is 4.39 Å². The Morgan fingerprint density at radius 2 is 1.91 bits per heavy atom. The van der Waals surface area contributed by atoms with Gasteiger partial charge in [-0.25, -0.2) is 4.39 Å². The van der Waals surface area contributed by atoms with Crippen LogP contribution in [0.4, 0.5) is 21.5 Å². The van der Waals surface area contributed by atoms with Crippen molar-refractivity contribution in [2.75, 3.05) is 30.4 Å². The molecule has 0 amide bonds. The summed E-state index contributed by atoms with van der Waals surface area (Å²) in [4.78, 5) is 13.4. The maximum absolute atomic E-state index is 15.1. The molecule has 6 heteroatoms. The van der Waals surface area contributed by atoms with E-state index in [0.717, 1.165) is 53.4 Å². The number of allylic oxidation sites excluding steroid dienone is 1. The molecule has 0 atom stereocenters. The van der Waals surface area contributed by atoms with Crippen molar-refractivity contribution in [3.05, 3.63) is 65.6 Å². The summed E-state index contributed by atoms with van der Waals surface area (Å²) in [7, 11) is 1.92. The maximum atomic E-state index is 15.1. The van der Waals surface area contributed by atoms with Crippen molar-refractivity contribution in [3.8, 4) is 11.5 Å². The van der Waals surface area contributed by atoms with E-state index in [1.807, 2.05) is 55.3 Å². The van der Waals surface area contributed by atoms with Gasteiger partial charge in [0, 0.05) is 23.7 Å². The van der Waals surface area contributed by atoms with Gasteiger partial charge in [-0.05, 0) is 63.4 Å². The van der Waals surface area contributed by atoms with Crippen molar-refractivity contribution >= 4 is 34.1 Å². The number of fused-ring (bicyclic) bond motifs is 4. The molecule has 0 bridgehead atoms. The van der Waals surface area contributed by atoms with E-state index < -0.39 is 0 Å². The van der Waals surface area contributed by atoms with Gasteiger partial charge in [0.2, 0.25) is 0 Å². The molecule has 0 fully saturated rings. The number of halogens is 1. The molecule has 3 aromatic rings. The minimum absolute atomic E-state index is 0.343. The predicted octanol–water partition coefficient (Wildman–Crippen LogP) is 6.05. The molecule has 4 rings (SSSR count). The van der Waals surface area contributed by atoms with Crippen molar-refractivity contribution in [2.24, 2.45) is 0 Å². The normalized spacial score (nSPS) is 12.9. The number of nitrogens with zero attached hydrogens (tertiary/aromatic N) is 1. The lowest BCUT2D eigenvalue weighted by atomic mass is 10.0. The number of aldehydes is 1. The lowest BCUT2D eigenvalue weighted by Gasteiger charge is -2.34. The fourth-order valence-corrected chi connectivity index (χ4v) is 4.06. The molecule has 0 saturated carbocycles. The zero-order valence-electron chi connectivity index (χ0n) is 18.7. The monoisotopic (exact) mass is 433 g/mol. The first-order valence-corrected chi connectivity index (χ1v) is 10.9. The smallest absolute Gasteiger partial charge is 0.177 e. The van der Waals surface area contributed by atoms with Crippen molar-refractivity contribution in [1.82, 2.24) is 5.32 Å². The highest BCUT2D eigenvalue weighted by Gasteiger charge is 2.30. The molecule has 5 nitrogen and oxygen atoms in total. The fourth-order valence-electron chi connectivity index (χ4n) is 4.06. The van der Waals surface area contributed by atoms with E-state index in [4.69, 9.17) is 4.74 Å². The number of hydrogen-bond acceptors (Lipinski definition) is 5. The Balaban J connectivity index is 1.87. The fraction of sp³-hybridized carbons (Fsp3) is 0.269. The Hall–Kier alpha value is -3.38. The molecule has 1 aliphatic heterocycles. The van der Waals surface area contributed by atoms with Crippen LogP contribution in [0.5, 0.6) is 11.5 Å². The summed E-state index contributed by atoms with van der Waals surface area (Å²) < 4.78 is 21.5. The minimum atomic E-state index is -0.352. The van der Waals surface area contributed by atoms with E-state index in [9.17, 15) is 4.79 Å². The van der Waals surface area contributed by atoms with Crippen LogP contribution in [0.25, 0.3) is 10.8 Å². The highest BCUT2D eigenvalue weighted by Crippen LogP contribution is 2.54. The van der Waals surface area contributed by atoms with Crippen LogP contribution in [0.3, 0.4) is 0 Å². The Morgan fingerprint density at radius 1 is 1.12 bits per heavy atom. The maximum Gasteiger partial charge on any atom is 0.177 e. The van der Waals surface area contributed by atoms with Gasteiger partial charge in [-0.1, -0.05) is 30.3 Å². The second kappa shape index (κ2) is 9.40. The third-order valence-corrected chi connectivity index (χ3v) is 5.64. The average Bonchev–Trinajstić information content (AvgIpc) is 2.80. The number of carbonyl (C=O) groups is 1. The highest BCUT2D eigenvalue weighted by molar-refractivity contribution is 5.99. The van der Waals surface area contributed by atoms with Crippen LogP contribution in [0.15, 0.2) is 54.2 Å². The molecule has 32 heavy (non-hydrogen) atoms. The van der Waals surface area contributed by atoms with Crippen LogP contribution in [0.1, 0.15) is 25.3 Å². The molecule has 0 spiro atoms. The van der Waals surface area contributed by atoms with E-state index in [1.165, 1.54) is 6.07 Å². The van der Waals surface area contributed by atoms with Crippen LogP contribution < -0.4 is 20.3 Å². The van der Waals surface area contributed by atoms with Crippen molar-refractivity contribution in [2.45, 2.75) is 26.7 Å². The predicted molar refractivity (Wildman–Crippen MR) is 129 cm³/mol. The molecule has 1 heterocycles. The van der Waals surface area contributed by atoms with Gasteiger partial charge >= 0.3 is 0 Å². The second-order valence-electron chi connectivity index (χ2n) is 8.06. The summed E-state index contributed by atoms with van der Waals surface area (Å²) in [6.45, 7) is 5.15. The van der Waals surface area contributed by atoms with E-state index in [0.29, 0.717) is 29.3 Å². The third kappa shape index (κ3) is 4.06. The van der Waals surface area contributed by atoms with Gasteiger partial charge in [0.25, 0.3) is 0 Å². The number of aryl methyl sites for hydroxylation is 1. The first-order chi connectivity index (χ1) is 15.5. The number of rotatable bonds is 8. The van der Waals surface area contributed by atoms with Crippen molar-refractivity contribution in [3.63, 3.8) is 0 Å². The number of ether oxygens (including phenoxy) is 1. The van der Waals surface area contributed by atoms with Gasteiger partial charge in [-0.3, -0.25) is 4.79 Å². The molecule has 166 valence electrons. The molecule has 2 N–H and O–H groups in total. The molecule has 0 saturated heterocycles. The SMILES string of the molecule is CNCCCCNc1c(F)cc(C)c2c1Oc1c(ccc3ccccc13)N2/C=C(/C)C=O.